The average Bonchev–Trinajstić information content (AvgIpc) is 3.26. The number of piperidine rings is 1. The summed E-state index contributed by atoms with van der Waals surface area (Å²) in [5, 5.41) is 10.9. The minimum absolute atomic E-state index is 0.0708. The number of amides is 1. The van der Waals surface area contributed by atoms with Gasteiger partial charge in [-0.05, 0) is 49.4 Å². The molecule has 1 atom stereocenters. The van der Waals surface area contributed by atoms with E-state index in [4.69, 9.17) is 4.42 Å². The van der Waals surface area contributed by atoms with E-state index in [1.165, 1.54) is 12.8 Å². The first-order valence-electron chi connectivity index (χ1n) is 8.57. The standard InChI is InChI=1S/C19H23NO3/c21-13-19(11-14-2-3-14)7-1-8-20(12-19)18(22)16-4-5-17-15(10-16)6-9-23-17/h4-6,9-10,14,21H,1-3,7-8,11-13H2/t19-/m1/s1. The molecule has 4 nitrogen and oxygen atoms in total. The highest BCUT2D eigenvalue weighted by Gasteiger charge is 2.41. The second-order valence-corrected chi connectivity index (χ2v) is 7.31. The molecule has 1 amide bonds. The van der Waals surface area contributed by atoms with Crippen LogP contribution in [0.15, 0.2) is 34.9 Å². The molecule has 1 saturated carbocycles. The van der Waals surface area contributed by atoms with Crippen molar-refractivity contribution in [2.75, 3.05) is 19.7 Å². The predicted octanol–water partition coefficient (Wildman–Crippen LogP) is 3.45. The van der Waals surface area contributed by atoms with Gasteiger partial charge in [0.1, 0.15) is 5.58 Å². The van der Waals surface area contributed by atoms with Crippen LogP contribution in [0.2, 0.25) is 0 Å². The van der Waals surface area contributed by atoms with E-state index in [1.54, 1.807) is 6.26 Å². The molecule has 0 bridgehead atoms. The van der Waals surface area contributed by atoms with Gasteiger partial charge in [0.2, 0.25) is 0 Å². The molecule has 4 heteroatoms. The van der Waals surface area contributed by atoms with E-state index < -0.39 is 0 Å². The first-order chi connectivity index (χ1) is 11.2. The second-order valence-electron chi connectivity index (χ2n) is 7.31. The zero-order chi connectivity index (χ0) is 15.9. The molecule has 1 saturated heterocycles. The number of aliphatic hydroxyl groups excluding tert-OH is 1. The van der Waals surface area contributed by atoms with Crippen molar-refractivity contribution in [3.8, 4) is 0 Å². The van der Waals surface area contributed by atoms with Gasteiger partial charge in [-0.1, -0.05) is 12.8 Å². The van der Waals surface area contributed by atoms with Crippen LogP contribution in [0, 0.1) is 11.3 Å². The van der Waals surface area contributed by atoms with Gasteiger partial charge >= 0.3 is 0 Å². The van der Waals surface area contributed by atoms with Crippen LogP contribution < -0.4 is 0 Å². The molecule has 0 radical (unpaired) electrons. The highest BCUT2D eigenvalue weighted by Crippen LogP contribution is 2.44. The fourth-order valence-electron chi connectivity index (χ4n) is 3.96. The molecule has 23 heavy (non-hydrogen) atoms. The summed E-state index contributed by atoms with van der Waals surface area (Å²) >= 11 is 0. The zero-order valence-corrected chi connectivity index (χ0v) is 13.3. The quantitative estimate of drug-likeness (QED) is 0.940. The Morgan fingerprint density at radius 2 is 2.22 bits per heavy atom. The van der Waals surface area contributed by atoms with Crippen LogP contribution in [0.5, 0.6) is 0 Å². The summed E-state index contributed by atoms with van der Waals surface area (Å²) in [6.07, 6.45) is 7.29. The maximum Gasteiger partial charge on any atom is 0.253 e. The van der Waals surface area contributed by atoms with Gasteiger partial charge in [0.15, 0.2) is 0 Å². The third-order valence-electron chi connectivity index (χ3n) is 5.40. The predicted molar refractivity (Wildman–Crippen MR) is 88.2 cm³/mol. The first kappa shape index (κ1) is 14.8. The topological polar surface area (TPSA) is 53.7 Å². The van der Waals surface area contributed by atoms with Gasteiger partial charge in [0.25, 0.3) is 5.91 Å². The molecule has 1 aliphatic carbocycles. The van der Waals surface area contributed by atoms with Crippen LogP contribution in [0.1, 0.15) is 42.5 Å². The Kier molecular flexibility index (Phi) is 3.64. The van der Waals surface area contributed by atoms with Crippen molar-refractivity contribution in [1.29, 1.82) is 0 Å². The van der Waals surface area contributed by atoms with E-state index in [2.05, 4.69) is 0 Å². The molecule has 1 aliphatic heterocycles. The normalized spacial score (nSPS) is 25.0. The van der Waals surface area contributed by atoms with Gasteiger partial charge in [-0.2, -0.15) is 0 Å². The highest BCUT2D eigenvalue weighted by molar-refractivity contribution is 5.97. The summed E-state index contributed by atoms with van der Waals surface area (Å²) in [7, 11) is 0. The molecule has 2 aromatic rings. The summed E-state index contributed by atoms with van der Waals surface area (Å²) in [4.78, 5) is 14.8. The van der Waals surface area contributed by atoms with Gasteiger partial charge in [0, 0.05) is 29.5 Å². The molecule has 2 fully saturated rings. The number of hydrogen-bond donors (Lipinski definition) is 1. The molecule has 122 valence electrons. The number of carbonyl (C=O) groups is 1. The fourth-order valence-corrected chi connectivity index (χ4v) is 3.96. The maximum atomic E-state index is 12.9. The van der Waals surface area contributed by atoms with Crippen molar-refractivity contribution in [1.82, 2.24) is 4.90 Å². The Bertz CT molecular complexity index is 718. The maximum absolute atomic E-state index is 12.9. The van der Waals surface area contributed by atoms with Gasteiger partial charge in [0.05, 0.1) is 12.9 Å². The van der Waals surface area contributed by atoms with E-state index >= 15 is 0 Å². The van der Waals surface area contributed by atoms with Gasteiger partial charge < -0.3 is 14.4 Å². The second kappa shape index (κ2) is 5.68. The minimum Gasteiger partial charge on any atom is -0.464 e. The average molecular weight is 313 g/mol. The van der Waals surface area contributed by atoms with Crippen LogP contribution in [-0.4, -0.2) is 35.6 Å². The molecular formula is C19H23NO3. The smallest absolute Gasteiger partial charge is 0.253 e. The molecule has 2 heterocycles. The molecule has 0 spiro atoms. The number of aliphatic hydroxyl groups is 1. The molecule has 2 aliphatic rings. The van der Waals surface area contributed by atoms with Crippen molar-refractivity contribution in [2.45, 2.75) is 32.1 Å². The summed E-state index contributed by atoms with van der Waals surface area (Å²) in [5.74, 6) is 0.834. The van der Waals surface area contributed by atoms with Crippen LogP contribution in [0.4, 0.5) is 0 Å². The van der Waals surface area contributed by atoms with Gasteiger partial charge in [-0.25, -0.2) is 0 Å². The summed E-state index contributed by atoms with van der Waals surface area (Å²) < 4.78 is 5.34. The van der Waals surface area contributed by atoms with Crippen molar-refractivity contribution in [3.05, 3.63) is 36.1 Å². The Balaban J connectivity index is 1.54. The van der Waals surface area contributed by atoms with Crippen molar-refractivity contribution in [3.63, 3.8) is 0 Å². The number of furan rings is 1. The molecular weight excluding hydrogens is 290 g/mol. The third kappa shape index (κ3) is 2.88. The number of fused-ring (bicyclic) bond motifs is 1. The monoisotopic (exact) mass is 313 g/mol. The lowest BCUT2D eigenvalue weighted by Crippen LogP contribution is -2.48. The highest BCUT2D eigenvalue weighted by atomic mass is 16.3. The van der Waals surface area contributed by atoms with Crippen LogP contribution >= 0.6 is 0 Å². The molecule has 0 unspecified atom stereocenters. The minimum atomic E-state index is -0.0885. The molecule has 1 N–H and O–H groups in total. The number of likely N-dealkylation sites (tertiary alicyclic amines) is 1. The summed E-state index contributed by atoms with van der Waals surface area (Å²) in [6, 6.07) is 7.48. The van der Waals surface area contributed by atoms with E-state index in [0.717, 1.165) is 42.7 Å². The van der Waals surface area contributed by atoms with Crippen LogP contribution in [-0.2, 0) is 0 Å². The number of benzene rings is 1. The number of hydrogen-bond acceptors (Lipinski definition) is 3. The molecule has 1 aromatic heterocycles. The van der Waals surface area contributed by atoms with E-state index in [1.807, 2.05) is 29.2 Å². The van der Waals surface area contributed by atoms with Crippen LogP contribution in [0.25, 0.3) is 11.0 Å². The first-order valence-corrected chi connectivity index (χ1v) is 8.57. The number of nitrogens with zero attached hydrogens (tertiary/aromatic N) is 1. The zero-order valence-electron chi connectivity index (χ0n) is 13.3. The largest absolute Gasteiger partial charge is 0.464 e. The Morgan fingerprint density at radius 1 is 1.35 bits per heavy atom. The van der Waals surface area contributed by atoms with Crippen LogP contribution in [0.3, 0.4) is 0 Å². The SMILES string of the molecule is O=C(c1ccc2occc2c1)N1CCC[C@@](CO)(CC2CC2)C1. The number of carbonyl (C=O) groups excluding carboxylic acids is 1. The van der Waals surface area contributed by atoms with Gasteiger partial charge in [-0.15, -0.1) is 0 Å². The lowest BCUT2D eigenvalue weighted by atomic mass is 9.76. The van der Waals surface area contributed by atoms with Crippen molar-refractivity contribution < 1.29 is 14.3 Å². The lowest BCUT2D eigenvalue weighted by molar-refractivity contribution is 0.0196. The summed E-state index contributed by atoms with van der Waals surface area (Å²) in [6.45, 7) is 1.66. The third-order valence-corrected chi connectivity index (χ3v) is 5.40. The van der Waals surface area contributed by atoms with Crippen molar-refractivity contribution >= 4 is 16.9 Å². The van der Waals surface area contributed by atoms with Crippen molar-refractivity contribution in [2.24, 2.45) is 11.3 Å². The molecule has 1 aromatic carbocycles. The van der Waals surface area contributed by atoms with E-state index in [9.17, 15) is 9.90 Å². The number of rotatable bonds is 4. The molecule has 4 rings (SSSR count). The Hall–Kier alpha value is -1.81. The lowest BCUT2D eigenvalue weighted by Gasteiger charge is -2.42. The Labute approximate surface area is 136 Å². The Morgan fingerprint density at radius 3 is 3.00 bits per heavy atom. The summed E-state index contributed by atoms with van der Waals surface area (Å²) in [5.41, 5.74) is 1.42. The van der Waals surface area contributed by atoms with E-state index in [-0.39, 0.29) is 17.9 Å². The van der Waals surface area contributed by atoms with Gasteiger partial charge in [-0.3, -0.25) is 4.79 Å². The fraction of sp³-hybridized carbons (Fsp3) is 0.526. The van der Waals surface area contributed by atoms with E-state index in [0.29, 0.717) is 12.1 Å².